The predicted octanol–water partition coefficient (Wildman–Crippen LogP) is 3.43. The average Bonchev–Trinajstić information content (AvgIpc) is 2.75. The van der Waals surface area contributed by atoms with E-state index < -0.39 is 0 Å². The van der Waals surface area contributed by atoms with Crippen molar-refractivity contribution in [1.82, 2.24) is 5.43 Å². The van der Waals surface area contributed by atoms with E-state index in [0.29, 0.717) is 5.56 Å². The number of thiophene rings is 1. The molecule has 0 saturated heterocycles. The van der Waals surface area contributed by atoms with Crippen LogP contribution in [0.4, 0.5) is 0 Å². The lowest BCUT2D eigenvalue weighted by atomic mass is 10.2. The van der Waals surface area contributed by atoms with Crippen molar-refractivity contribution in [3.05, 3.63) is 55.3 Å². The Hall–Kier alpha value is -1.21. The molecule has 1 aromatic heterocycles. The van der Waals surface area contributed by atoms with Crippen molar-refractivity contribution in [2.45, 2.75) is 6.92 Å². The van der Waals surface area contributed by atoms with Crippen LogP contribution in [0.25, 0.3) is 0 Å². The van der Waals surface area contributed by atoms with Gasteiger partial charge in [-0.05, 0) is 64.7 Å². The van der Waals surface area contributed by atoms with E-state index in [-0.39, 0.29) is 5.91 Å². The predicted molar refractivity (Wildman–Crippen MR) is 83.3 cm³/mol. The van der Waals surface area contributed by atoms with Crippen LogP contribution in [-0.4, -0.2) is 12.1 Å². The molecule has 1 heterocycles. The van der Waals surface area contributed by atoms with Crippen molar-refractivity contribution < 1.29 is 4.79 Å². The Labute approximate surface area is 123 Å². The zero-order valence-corrected chi connectivity index (χ0v) is 12.7. The normalized spacial score (nSPS) is 10.8. The van der Waals surface area contributed by atoms with Gasteiger partial charge >= 0.3 is 0 Å². The van der Waals surface area contributed by atoms with Crippen molar-refractivity contribution >= 4 is 46.0 Å². The van der Waals surface area contributed by atoms with E-state index >= 15 is 0 Å². The highest BCUT2D eigenvalue weighted by Gasteiger charge is 2.03. The second-order valence-corrected chi connectivity index (χ2v) is 5.87. The molecule has 1 aromatic carbocycles. The summed E-state index contributed by atoms with van der Waals surface area (Å²) in [6.45, 7) is 2.01. The summed E-state index contributed by atoms with van der Waals surface area (Å²) in [6.07, 6.45) is 1.67. The van der Waals surface area contributed by atoms with E-state index in [1.54, 1.807) is 23.6 Å². The quantitative estimate of drug-likeness (QED) is 0.502. The van der Waals surface area contributed by atoms with Crippen LogP contribution in [0, 0.1) is 10.5 Å². The van der Waals surface area contributed by atoms with Gasteiger partial charge in [-0.15, -0.1) is 11.3 Å². The van der Waals surface area contributed by atoms with Crippen LogP contribution < -0.4 is 5.43 Å². The van der Waals surface area contributed by atoms with Gasteiger partial charge in [0, 0.05) is 14.0 Å². The number of halogens is 1. The number of nitrogens with zero attached hydrogens (tertiary/aromatic N) is 1. The number of amides is 1. The number of nitrogens with one attached hydrogen (secondary N) is 1. The number of benzene rings is 1. The summed E-state index contributed by atoms with van der Waals surface area (Å²) in [7, 11) is 0. The fraction of sp³-hybridized carbons (Fsp3) is 0.0769. The first-order valence-corrected chi connectivity index (χ1v) is 7.26. The molecule has 0 radical (unpaired) electrons. The molecule has 0 unspecified atom stereocenters. The number of hydrogen-bond acceptors (Lipinski definition) is 3. The van der Waals surface area contributed by atoms with Gasteiger partial charge in [0.15, 0.2) is 0 Å². The summed E-state index contributed by atoms with van der Waals surface area (Å²) >= 11 is 3.77. The van der Waals surface area contributed by atoms with E-state index in [1.165, 1.54) is 0 Å². The van der Waals surface area contributed by atoms with Crippen molar-refractivity contribution in [2.24, 2.45) is 5.10 Å². The monoisotopic (exact) mass is 370 g/mol. The molecule has 0 fully saturated rings. The third-order valence-corrected chi connectivity index (χ3v) is 3.96. The third kappa shape index (κ3) is 3.39. The second kappa shape index (κ2) is 6.10. The molecule has 3 nitrogen and oxygen atoms in total. The first-order valence-electron chi connectivity index (χ1n) is 5.30. The van der Waals surface area contributed by atoms with E-state index in [4.69, 9.17) is 0 Å². The molecule has 0 aliphatic rings. The minimum atomic E-state index is -0.195. The number of hydrogen-bond donors (Lipinski definition) is 1. The van der Waals surface area contributed by atoms with Gasteiger partial charge in [0.2, 0.25) is 0 Å². The van der Waals surface area contributed by atoms with Crippen LogP contribution in [0.5, 0.6) is 0 Å². The Kier molecular flexibility index (Phi) is 4.48. The maximum absolute atomic E-state index is 11.8. The standard InChI is InChI=1S/C13H11IN2OS/c1-9-5-6-18-12(9)8-15-16-13(17)10-3-2-4-11(14)7-10/h2-8H,1H3,(H,16,17)/b15-8+. The highest BCUT2D eigenvalue weighted by Crippen LogP contribution is 2.12. The smallest absolute Gasteiger partial charge is 0.267 e. The lowest BCUT2D eigenvalue weighted by molar-refractivity contribution is 0.0955. The largest absolute Gasteiger partial charge is 0.271 e. The lowest BCUT2D eigenvalue weighted by Crippen LogP contribution is -2.17. The van der Waals surface area contributed by atoms with Gasteiger partial charge in [-0.2, -0.15) is 5.10 Å². The van der Waals surface area contributed by atoms with Gasteiger partial charge in [-0.3, -0.25) is 4.79 Å². The summed E-state index contributed by atoms with van der Waals surface area (Å²) in [4.78, 5) is 12.8. The molecular formula is C13H11IN2OS. The Morgan fingerprint density at radius 3 is 2.94 bits per heavy atom. The minimum absolute atomic E-state index is 0.195. The summed E-state index contributed by atoms with van der Waals surface area (Å²) in [6, 6.07) is 9.40. The molecule has 0 atom stereocenters. The van der Waals surface area contributed by atoms with Crippen LogP contribution in [0.1, 0.15) is 20.8 Å². The van der Waals surface area contributed by atoms with Crippen LogP contribution in [0.15, 0.2) is 40.8 Å². The zero-order chi connectivity index (χ0) is 13.0. The maximum atomic E-state index is 11.8. The number of carbonyl (C=O) groups excluding carboxylic acids is 1. The Balaban J connectivity index is 2.01. The Morgan fingerprint density at radius 2 is 2.28 bits per heavy atom. The maximum Gasteiger partial charge on any atom is 0.271 e. The molecule has 18 heavy (non-hydrogen) atoms. The van der Waals surface area contributed by atoms with Crippen molar-refractivity contribution in [1.29, 1.82) is 0 Å². The molecule has 5 heteroatoms. The van der Waals surface area contributed by atoms with Crippen molar-refractivity contribution in [2.75, 3.05) is 0 Å². The summed E-state index contributed by atoms with van der Waals surface area (Å²) in [5.41, 5.74) is 4.30. The number of hydrazone groups is 1. The molecule has 0 spiro atoms. The first kappa shape index (κ1) is 13.2. The van der Waals surface area contributed by atoms with Crippen molar-refractivity contribution in [3.63, 3.8) is 0 Å². The summed E-state index contributed by atoms with van der Waals surface area (Å²) < 4.78 is 1.03. The molecule has 0 bridgehead atoms. The Morgan fingerprint density at radius 1 is 1.44 bits per heavy atom. The van der Waals surface area contributed by atoms with E-state index in [1.807, 2.05) is 36.6 Å². The van der Waals surface area contributed by atoms with Crippen LogP contribution in [0.2, 0.25) is 0 Å². The summed E-state index contributed by atoms with van der Waals surface area (Å²) in [5, 5.41) is 5.96. The second-order valence-electron chi connectivity index (χ2n) is 3.68. The SMILES string of the molecule is Cc1ccsc1/C=N/NC(=O)c1cccc(I)c1. The minimum Gasteiger partial charge on any atom is -0.267 e. The molecule has 2 aromatic rings. The summed E-state index contributed by atoms with van der Waals surface area (Å²) in [5.74, 6) is -0.195. The van der Waals surface area contributed by atoms with Crippen LogP contribution >= 0.6 is 33.9 Å². The van der Waals surface area contributed by atoms with Gasteiger partial charge in [-0.25, -0.2) is 5.43 Å². The molecule has 0 saturated carbocycles. The number of aryl methyl sites for hydroxylation is 1. The van der Waals surface area contributed by atoms with E-state index in [2.05, 4.69) is 33.1 Å². The number of carbonyl (C=O) groups is 1. The zero-order valence-electron chi connectivity index (χ0n) is 9.68. The number of rotatable bonds is 3. The lowest BCUT2D eigenvalue weighted by Gasteiger charge is -1.99. The van der Waals surface area contributed by atoms with E-state index in [9.17, 15) is 4.79 Å². The highest BCUT2D eigenvalue weighted by atomic mass is 127. The topological polar surface area (TPSA) is 41.5 Å². The van der Waals surface area contributed by atoms with Gasteiger partial charge in [-0.1, -0.05) is 6.07 Å². The first-order chi connectivity index (χ1) is 8.66. The molecule has 92 valence electrons. The molecule has 1 amide bonds. The molecule has 1 N–H and O–H groups in total. The molecule has 2 rings (SSSR count). The van der Waals surface area contributed by atoms with Gasteiger partial charge in [0.1, 0.15) is 0 Å². The molecular weight excluding hydrogens is 359 g/mol. The molecule has 0 aliphatic heterocycles. The fourth-order valence-electron chi connectivity index (χ4n) is 1.36. The Bertz CT molecular complexity index is 592. The molecule has 0 aliphatic carbocycles. The van der Waals surface area contributed by atoms with Crippen LogP contribution in [-0.2, 0) is 0 Å². The van der Waals surface area contributed by atoms with Crippen LogP contribution in [0.3, 0.4) is 0 Å². The van der Waals surface area contributed by atoms with Gasteiger partial charge in [0.05, 0.1) is 6.21 Å². The van der Waals surface area contributed by atoms with Crippen molar-refractivity contribution in [3.8, 4) is 0 Å². The third-order valence-electron chi connectivity index (χ3n) is 2.34. The average molecular weight is 370 g/mol. The van der Waals surface area contributed by atoms with E-state index in [0.717, 1.165) is 14.0 Å². The van der Waals surface area contributed by atoms with Gasteiger partial charge < -0.3 is 0 Å². The van der Waals surface area contributed by atoms with Gasteiger partial charge in [0.25, 0.3) is 5.91 Å². The highest BCUT2D eigenvalue weighted by molar-refractivity contribution is 14.1. The fourth-order valence-corrected chi connectivity index (χ4v) is 2.69.